The summed E-state index contributed by atoms with van der Waals surface area (Å²) in [7, 11) is 0. The Balaban J connectivity index is 0.000000461. The van der Waals surface area contributed by atoms with E-state index in [1.807, 2.05) is 19.9 Å². The van der Waals surface area contributed by atoms with Crippen LogP contribution in [-0.4, -0.2) is 6.29 Å². The Bertz CT molecular complexity index is 316. The first-order valence-corrected chi connectivity index (χ1v) is 5.06. The lowest BCUT2D eigenvalue weighted by molar-refractivity contribution is 0.112. The first-order chi connectivity index (χ1) is 6.81. The Labute approximate surface area is 83.9 Å². The van der Waals surface area contributed by atoms with E-state index in [-0.39, 0.29) is 5.56 Å². The van der Waals surface area contributed by atoms with Gasteiger partial charge in [0.15, 0.2) is 6.29 Å². The van der Waals surface area contributed by atoms with E-state index < -0.39 is 5.82 Å². The highest BCUT2D eigenvalue weighted by molar-refractivity contribution is 5.75. The number of carbonyl (C=O) groups excluding carboxylic acids is 1. The molecule has 1 fully saturated rings. The lowest BCUT2D eigenvalue weighted by Gasteiger charge is -1.98. The lowest BCUT2D eigenvalue weighted by atomic mass is 10.1. The molecule has 0 aromatic heterocycles. The fraction of sp³-hybridized carbons (Fsp3) is 0.417. The first-order valence-electron chi connectivity index (χ1n) is 5.06. The van der Waals surface area contributed by atoms with Crippen LogP contribution in [0.3, 0.4) is 0 Å². The smallest absolute Gasteiger partial charge is 0.152 e. The molecule has 0 saturated heterocycles. The van der Waals surface area contributed by atoms with Crippen LogP contribution in [0.15, 0.2) is 18.2 Å². The summed E-state index contributed by atoms with van der Waals surface area (Å²) in [4.78, 5) is 10.3. The summed E-state index contributed by atoms with van der Waals surface area (Å²) >= 11 is 0. The second-order valence-corrected chi connectivity index (χ2v) is 3.17. The molecule has 1 aromatic rings. The van der Waals surface area contributed by atoms with E-state index in [9.17, 15) is 9.18 Å². The van der Waals surface area contributed by atoms with E-state index in [4.69, 9.17) is 0 Å². The minimum Gasteiger partial charge on any atom is -0.298 e. The van der Waals surface area contributed by atoms with Crippen molar-refractivity contribution in [2.75, 3.05) is 0 Å². The number of rotatable bonds is 2. The van der Waals surface area contributed by atoms with Crippen LogP contribution in [-0.2, 0) is 0 Å². The summed E-state index contributed by atoms with van der Waals surface area (Å²) in [5.41, 5.74) is 1.18. The Kier molecular flexibility index (Phi) is 3.81. The van der Waals surface area contributed by atoms with Gasteiger partial charge in [-0.2, -0.15) is 0 Å². The van der Waals surface area contributed by atoms with Crippen LogP contribution in [0, 0.1) is 5.82 Å². The van der Waals surface area contributed by atoms with Gasteiger partial charge >= 0.3 is 0 Å². The van der Waals surface area contributed by atoms with Gasteiger partial charge in [-0.15, -0.1) is 0 Å². The first kappa shape index (κ1) is 10.9. The maximum Gasteiger partial charge on any atom is 0.152 e. The summed E-state index contributed by atoms with van der Waals surface area (Å²) in [6, 6.07) is 4.86. The highest BCUT2D eigenvalue weighted by Crippen LogP contribution is 2.40. The van der Waals surface area contributed by atoms with Gasteiger partial charge in [0.05, 0.1) is 5.56 Å². The highest BCUT2D eigenvalue weighted by Gasteiger charge is 2.23. The van der Waals surface area contributed by atoms with Crippen molar-refractivity contribution in [2.24, 2.45) is 0 Å². The normalized spacial score (nSPS) is 14.2. The fourth-order valence-electron chi connectivity index (χ4n) is 1.31. The van der Waals surface area contributed by atoms with Crippen LogP contribution in [0.2, 0.25) is 0 Å². The maximum absolute atomic E-state index is 13.0. The Morgan fingerprint density at radius 2 is 2.00 bits per heavy atom. The molecule has 1 aromatic carbocycles. The number of aldehydes is 1. The molecule has 2 rings (SSSR count). The molecule has 0 N–H and O–H groups in total. The van der Waals surface area contributed by atoms with E-state index in [0.29, 0.717) is 12.2 Å². The third kappa shape index (κ3) is 2.41. The second kappa shape index (κ2) is 4.89. The zero-order valence-corrected chi connectivity index (χ0v) is 8.59. The maximum atomic E-state index is 13.0. The van der Waals surface area contributed by atoms with E-state index in [1.165, 1.54) is 6.07 Å². The van der Waals surface area contributed by atoms with Crippen molar-refractivity contribution >= 4 is 6.29 Å². The summed E-state index contributed by atoms with van der Waals surface area (Å²) in [6.45, 7) is 4.00. The summed E-state index contributed by atoms with van der Waals surface area (Å²) in [5, 5.41) is 0. The van der Waals surface area contributed by atoms with Gasteiger partial charge in [0.1, 0.15) is 5.82 Å². The Hall–Kier alpha value is -1.18. The second-order valence-electron chi connectivity index (χ2n) is 3.17. The van der Waals surface area contributed by atoms with Crippen molar-refractivity contribution in [3.8, 4) is 0 Å². The average Bonchev–Trinajstić information content (AvgIpc) is 3.04. The SMILES string of the molecule is CC.O=Cc1ccc(C2CC2)cc1F. The summed E-state index contributed by atoms with van der Waals surface area (Å²) in [6.07, 6.45) is 2.85. The molecular weight excluding hydrogens is 179 g/mol. The monoisotopic (exact) mass is 194 g/mol. The molecule has 0 bridgehead atoms. The third-order valence-electron chi connectivity index (χ3n) is 2.20. The van der Waals surface area contributed by atoms with Crippen LogP contribution in [0.1, 0.15) is 48.5 Å². The van der Waals surface area contributed by atoms with Gasteiger partial charge in [-0.3, -0.25) is 4.79 Å². The number of hydrogen-bond donors (Lipinski definition) is 0. The molecule has 1 saturated carbocycles. The third-order valence-corrected chi connectivity index (χ3v) is 2.20. The molecule has 0 radical (unpaired) electrons. The van der Waals surface area contributed by atoms with Gasteiger partial charge in [0.25, 0.3) is 0 Å². The minimum absolute atomic E-state index is 0.152. The van der Waals surface area contributed by atoms with E-state index >= 15 is 0 Å². The molecule has 0 spiro atoms. The van der Waals surface area contributed by atoms with E-state index in [1.54, 1.807) is 6.07 Å². The highest BCUT2D eigenvalue weighted by atomic mass is 19.1. The fourth-order valence-corrected chi connectivity index (χ4v) is 1.31. The molecule has 14 heavy (non-hydrogen) atoms. The van der Waals surface area contributed by atoms with Crippen LogP contribution in [0.4, 0.5) is 4.39 Å². The predicted molar refractivity (Wildman–Crippen MR) is 55.1 cm³/mol. The number of benzene rings is 1. The lowest BCUT2D eigenvalue weighted by Crippen LogP contribution is -1.89. The standard InChI is InChI=1S/C10H9FO.C2H6/c11-10-5-8(7-1-2-7)3-4-9(10)6-12;1-2/h3-7H,1-2H2;1-2H3. The van der Waals surface area contributed by atoms with Crippen LogP contribution in [0.25, 0.3) is 0 Å². The molecule has 1 nitrogen and oxygen atoms in total. The molecule has 1 aliphatic carbocycles. The van der Waals surface area contributed by atoms with Crippen molar-refractivity contribution in [1.82, 2.24) is 0 Å². The molecule has 0 heterocycles. The number of halogens is 1. The average molecular weight is 194 g/mol. The van der Waals surface area contributed by atoms with Crippen molar-refractivity contribution in [2.45, 2.75) is 32.6 Å². The molecule has 0 unspecified atom stereocenters. The topological polar surface area (TPSA) is 17.1 Å². The quantitative estimate of drug-likeness (QED) is 0.658. The van der Waals surface area contributed by atoms with E-state index in [2.05, 4.69) is 0 Å². The van der Waals surface area contributed by atoms with Crippen LogP contribution >= 0.6 is 0 Å². The van der Waals surface area contributed by atoms with Gasteiger partial charge in [0.2, 0.25) is 0 Å². The number of carbonyl (C=O) groups is 1. The Morgan fingerprint density at radius 1 is 1.36 bits per heavy atom. The summed E-state index contributed by atoms with van der Waals surface area (Å²) in [5.74, 6) is 0.148. The van der Waals surface area contributed by atoms with Crippen LogP contribution < -0.4 is 0 Å². The molecule has 76 valence electrons. The largest absolute Gasteiger partial charge is 0.298 e. The molecule has 0 atom stereocenters. The van der Waals surface area contributed by atoms with Gasteiger partial charge in [-0.05, 0) is 36.5 Å². The van der Waals surface area contributed by atoms with Gasteiger partial charge in [0, 0.05) is 0 Å². The summed E-state index contributed by atoms with van der Waals surface area (Å²) < 4.78 is 13.0. The zero-order valence-electron chi connectivity index (χ0n) is 8.59. The molecule has 0 amide bonds. The molecule has 0 aliphatic heterocycles. The zero-order chi connectivity index (χ0) is 10.6. The minimum atomic E-state index is -0.394. The molecular formula is C12H15FO. The van der Waals surface area contributed by atoms with Crippen molar-refractivity contribution in [3.05, 3.63) is 35.1 Å². The predicted octanol–water partition coefficient (Wildman–Crippen LogP) is 3.54. The van der Waals surface area contributed by atoms with Crippen molar-refractivity contribution < 1.29 is 9.18 Å². The van der Waals surface area contributed by atoms with Gasteiger partial charge < -0.3 is 0 Å². The van der Waals surface area contributed by atoms with Crippen LogP contribution in [0.5, 0.6) is 0 Å². The Morgan fingerprint density at radius 3 is 2.43 bits per heavy atom. The van der Waals surface area contributed by atoms with Gasteiger partial charge in [-0.25, -0.2) is 4.39 Å². The van der Waals surface area contributed by atoms with Crippen molar-refractivity contribution in [3.63, 3.8) is 0 Å². The molecule has 2 heteroatoms. The van der Waals surface area contributed by atoms with Gasteiger partial charge in [-0.1, -0.05) is 19.9 Å². The molecule has 1 aliphatic rings. The van der Waals surface area contributed by atoms with E-state index in [0.717, 1.165) is 18.4 Å². The van der Waals surface area contributed by atoms with Crippen molar-refractivity contribution in [1.29, 1.82) is 0 Å². The number of hydrogen-bond acceptors (Lipinski definition) is 1.